The van der Waals surface area contributed by atoms with Crippen LogP contribution in [0.2, 0.25) is 0 Å². The highest BCUT2D eigenvalue weighted by Crippen LogP contribution is 2.52. The van der Waals surface area contributed by atoms with Gasteiger partial charge in [-0.2, -0.15) is 0 Å². The standard InChI is InChI=1S/C22H31NO5S/c1-16-5-7-18(8-6-16)29(26,27)10-9-20(25)28-13-19(24)23-15-22(4)12-17(23)11-21(2,3)14-22/h5-8,17H,9-15H2,1-4H3/t17-,22+/m0/s1. The lowest BCUT2D eigenvalue weighted by molar-refractivity contribution is -0.152. The highest BCUT2D eigenvalue weighted by molar-refractivity contribution is 7.91. The van der Waals surface area contributed by atoms with Gasteiger partial charge >= 0.3 is 5.97 Å². The maximum absolute atomic E-state index is 12.6. The Morgan fingerprint density at radius 1 is 1.14 bits per heavy atom. The van der Waals surface area contributed by atoms with E-state index in [4.69, 9.17) is 4.74 Å². The molecule has 6 nitrogen and oxygen atoms in total. The number of nitrogens with zero attached hydrogens (tertiary/aromatic N) is 1. The van der Waals surface area contributed by atoms with Gasteiger partial charge in [0.25, 0.3) is 5.91 Å². The molecule has 1 saturated carbocycles. The summed E-state index contributed by atoms with van der Waals surface area (Å²) in [5.74, 6) is -1.18. The van der Waals surface area contributed by atoms with Crippen molar-refractivity contribution >= 4 is 21.7 Å². The maximum atomic E-state index is 12.6. The van der Waals surface area contributed by atoms with Gasteiger partial charge in [-0.15, -0.1) is 0 Å². The van der Waals surface area contributed by atoms with Crippen molar-refractivity contribution in [3.8, 4) is 0 Å². The predicted molar refractivity (Wildman–Crippen MR) is 110 cm³/mol. The van der Waals surface area contributed by atoms with Gasteiger partial charge in [0.1, 0.15) is 0 Å². The van der Waals surface area contributed by atoms with Crippen molar-refractivity contribution < 1.29 is 22.7 Å². The Morgan fingerprint density at radius 3 is 2.45 bits per heavy atom. The fourth-order valence-electron chi connectivity index (χ4n) is 5.13. The molecule has 0 unspecified atom stereocenters. The SMILES string of the molecule is Cc1ccc(S(=O)(=O)CCC(=O)OCC(=O)N2C[C@]3(C)C[C@@H]2CC(C)(C)C3)cc1. The van der Waals surface area contributed by atoms with E-state index in [1.54, 1.807) is 12.1 Å². The molecule has 3 rings (SSSR count). The van der Waals surface area contributed by atoms with Crippen LogP contribution in [0.5, 0.6) is 0 Å². The summed E-state index contributed by atoms with van der Waals surface area (Å²) in [4.78, 5) is 26.7. The van der Waals surface area contributed by atoms with E-state index in [1.807, 2.05) is 11.8 Å². The summed E-state index contributed by atoms with van der Waals surface area (Å²) in [6.45, 7) is 8.94. The summed E-state index contributed by atoms with van der Waals surface area (Å²) >= 11 is 0. The number of amides is 1. The molecule has 1 aromatic rings. The van der Waals surface area contributed by atoms with Crippen molar-refractivity contribution in [2.45, 2.75) is 64.3 Å². The average molecular weight is 422 g/mol. The smallest absolute Gasteiger partial charge is 0.307 e. The normalized spacial score (nSPS) is 25.7. The van der Waals surface area contributed by atoms with Crippen LogP contribution in [-0.4, -0.2) is 50.1 Å². The summed E-state index contributed by atoms with van der Waals surface area (Å²) in [6, 6.07) is 6.70. The molecule has 1 saturated heterocycles. The Bertz CT molecular complexity index is 890. The number of ether oxygens (including phenoxy) is 1. The van der Waals surface area contributed by atoms with Crippen LogP contribution >= 0.6 is 0 Å². The lowest BCUT2D eigenvalue weighted by Gasteiger charge is -2.39. The van der Waals surface area contributed by atoms with E-state index in [1.165, 1.54) is 12.1 Å². The van der Waals surface area contributed by atoms with E-state index in [0.29, 0.717) is 6.54 Å². The molecule has 1 aliphatic carbocycles. The Labute approximate surface area is 173 Å². The first kappa shape index (κ1) is 21.8. The molecule has 7 heteroatoms. The molecular formula is C22H31NO5S. The Kier molecular flexibility index (Phi) is 5.82. The summed E-state index contributed by atoms with van der Waals surface area (Å²) in [7, 11) is -3.56. The molecule has 1 aromatic carbocycles. The molecular weight excluding hydrogens is 390 g/mol. The van der Waals surface area contributed by atoms with Gasteiger partial charge in [0.05, 0.1) is 17.1 Å². The van der Waals surface area contributed by atoms with Gasteiger partial charge in [-0.05, 0) is 49.1 Å². The lowest BCUT2D eigenvalue weighted by atomic mass is 9.65. The van der Waals surface area contributed by atoms with Gasteiger partial charge in [-0.3, -0.25) is 9.59 Å². The van der Waals surface area contributed by atoms with Crippen molar-refractivity contribution in [1.29, 1.82) is 0 Å². The molecule has 2 fully saturated rings. The topological polar surface area (TPSA) is 80.7 Å². The van der Waals surface area contributed by atoms with Crippen LogP contribution in [-0.2, 0) is 24.2 Å². The zero-order valence-corrected chi connectivity index (χ0v) is 18.5. The molecule has 0 aromatic heterocycles. The molecule has 0 radical (unpaired) electrons. The first-order chi connectivity index (χ1) is 13.4. The number of sulfone groups is 1. The minimum atomic E-state index is -3.56. The van der Waals surface area contributed by atoms with Crippen molar-refractivity contribution in [3.63, 3.8) is 0 Å². The number of rotatable bonds is 6. The third kappa shape index (κ3) is 5.18. The number of aryl methyl sites for hydroxylation is 1. The second-order valence-electron chi connectivity index (χ2n) is 9.78. The number of esters is 1. The summed E-state index contributed by atoms with van der Waals surface area (Å²) in [5, 5.41) is 0. The zero-order valence-electron chi connectivity index (χ0n) is 17.7. The number of carbonyl (C=O) groups excluding carboxylic acids is 2. The molecule has 2 atom stereocenters. The van der Waals surface area contributed by atoms with E-state index < -0.39 is 15.8 Å². The Balaban J connectivity index is 1.50. The first-order valence-corrected chi connectivity index (χ1v) is 11.8. The second-order valence-corrected chi connectivity index (χ2v) is 11.9. The van der Waals surface area contributed by atoms with Crippen LogP contribution in [0.4, 0.5) is 0 Å². The van der Waals surface area contributed by atoms with E-state index >= 15 is 0 Å². The fourth-order valence-corrected chi connectivity index (χ4v) is 6.35. The fraction of sp³-hybridized carbons (Fsp3) is 0.636. The van der Waals surface area contributed by atoms with Crippen LogP contribution in [0.25, 0.3) is 0 Å². The van der Waals surface area contributed by atoms with Crippen molar-refractivity contribution in [1.82, 2.24) is 4.90 Å². The average Bonchev–Trinajstić information content (AvgIpc) is 2.87. The van der Waals surface area contributed by atoms with Gasteiger partial charge in [0.15, 0.2) is 16.4 Å². The van der Waals surface area contributed by atoms with Gasteiger partial charge < -0.3 is 9.64 Å². The number of hydrogen-bond acceptors (Lipinski definition) is 5. The lowest BCUT2D eigenvalue weighted by Crippen LogP contribution is -2.39. The van der Waals surface area contributed by atoms with Gasteiger partial charge in [-0.1, -0.05) is 38.5 Å². The number of fused-ring (bicyclic) bond motifs is 2. The van der Waals surface area contributed by atoms with Crippen LogP contribution in [0.1, 0.15) is 52.0 Å². The highest BCUT2D eigenvalue weighted by atomic mass is 32.2. The third-order valence-corrected chi connectivity index (χ3v) is 7.78. The monoisotopic (exact) mass is 421 g/mol. The quantitative estimate of drug-likeness (QED) is 0.659. The van der Waals surface area contributed by atoms with Crippen molar-refractivity contribution in [2.24, 2.45) is 10.8 Å². The van der Waals surface area contributed by atoms with E-state index in [9.17, 15) is 18.0 Å². The Morgan fingerprint density at radius 2 is 1.79 bits per heavy atom. The van der Waals surface area contributed by atoms with E-state index in [-0.39, 0.29) is 46.5 Å². The van der Waals surface area contributed by atoms with Crippen LogP contribution in [0, 0.1) is 17.8 Å². The van der Waals surface area contributed by atoms with Gasteiger partial charge in [-0.25, -0.2) is 8.42 Å². The van der Waals surface area contributed by atoms with Gasteiger partial charge in [0, 0.05) is 12.6 Å². The Hall–Kier alpha value is -1.89. The second kappa shape index (κ2) is 7.74. The molecule has 29 heavy (non-hydrogen) atoms. The van der Waals surface area contributed by atoms with Crippen molar-refractivity contribution in [2.75, 3.05) is 18.9 Å². The zero-order chi connectivity index (χ0) is 21.4. The largest absolute Gasteiger partial charge is 0.456 e. The molecule has 2 aliphatic rings. The summed E-state index contributed by atoms with van der Waals surface area (Å²) < 4.78 is 29.8. The third-order valence-electron chi connectivity index (χ3n) is 6.05. The van der Waals surface area contributed by atoms with Crippen LogP contribution < -0.4 is 0 Å². The van der Waals surface area contributed by atoms with E-state index in [2.05, 4.69) is 20.8 Å². The molecule has 0 spiro atoms. The number of benzene rings is 1. The highest BCUT2D eigenvalue weighted by Gasteiger charge is 2.50. The minimum Gasteiger partial charge on any atom is -0.456 e. The van der Waals surface area contributed by atoms with Crippen LogP contribution in [0.15, 0.2) is 29.2 Å². The summed E-state index contributed by atoms with van der Waals surface area (Å²) in [5.41, 5.74) is 1.28. The molecule has 1 heterocycles. The number of likely N-dealkylation sites (tertiary alicyclic amines) is 1. The van der Waals surface area contributed by atoms with E-state index in [0.717, 1.165) is 24.8 Å². The molecule has 160 valence electrons. The molecule has 0 N–H and O–H groups in total. The molecule has 1 amide bonds. The van der Waals surface area contributed by atoms with Crippen molar-refractivity contribution in [3.05, 3.63) is 29.8 Å². The van der Waals surface area contributed by atoms with Crippen LogP contribution in [0.3, 0.4) is 0 Å². The minimum absolute atomic E-state index is 0.119. The van der Waals surface area contributed by atoms with Gasteiger partial charge in [0.2, 0.25) is 0 Å². The number of hydrogen-bond donors (Lipinski definition) is 0. The number of carbonyl (C=O) groups is 2. The maximum Gasteiger partial charge on any atom is 0.307 e. The first-order valence-electron chi connectivity index (χ1n) is 10.1. The predicted octanol–water partition coefficient (Wildman–Crippen LogP) is 3.13. The molecule has 1 aliphatic heterocycles. The summed E-state index contributed by atoms with van der Waals surface area (Å²) in [6.07, 6.45) is 2.76. The molecule has 2 bridgehead atoms.